The lowest BCUT2D eigenvalue weighted by molar-refractivity contribution is 0.715. The maximum atomic E-state index is 5.29. The minimum absolute atomic E-state index is 0.384. The Labute approximate surface area is 162 Å². The topological polar surface area (TPSA) is 26.0 Å². The van der Waals surface area contributed by atoms with Crippen LogP contribution in [0.4, 0.5) is 0 Å². The van der Waals surface area contributed by atoms with Crippen LogP contribution in [-0.4, -0.2) is 6.04 Å². The van der Waals surface area contributed by atoms with Crippen molar-refractivity contribution < 1.29 is 0 Å². The van der Waals surface area contributed by atoms with Crippen LogP contribution in [0.15, 0.2) is 48.6 Å². The Morgan fingerprint density at radius 2 is 0.680 bits per heavy atom. The average molecular weight is 354 g/mol. The molecule has 0 aromatic heterocycles. The summed E-state index contributed by atoms with van der Waals surface area (Å²) in [6.45, 7) is 35.3. The van der Waals surface area contributed by atoms with Crippen molar-refractivity contribution in [3.8, 4) is 0 Å². The lowest BCUT2D eigenvalue weighted by Gasteiger charge is -1.91. The minimum Gasteiger partial charge on any atom is -0.328 e. The second kappa shape index (κ2) is 30.8. The summed E-state index contributed by atoms with van der Waals surface area (Å²) in [7, 11) is 0. The van der Waals surface area contributed by atoms with Crippen molar-refractivity contribution in [2.45, 2.75) is 107 Å². The number of hydrogen-bond donors (Lipinski definition) is 1. The molecule has 1 atom stereocenters. The van der Waals surface area contributed by atoms with Gasteiger partial charge in [0.05, 0.1) is 0 Å². The number of nitrogens with two attached hydrogens (primary N) is 1. The second-order valence-electron chi connectivity index (χ2n) is 6.63. The van der Waals surface area contributed by atoms with Gasteiger partial charge in [0.25, 0.3) is 0 Å². The minimum atomic E-state index is 0.384. The van der Waals surface area contributed by atoms with E-state index in [1.807, 2.05) is 34.6 Å². The van der Waals surface area contributed by atoms with Crippen molar-refractivity contribution in [3.63, 3.8) is 0 Å². The van der Waals surface area contributed by atoms with Gasteiger partial charge in [-0.3, -0.25) is 0 Å². The third kappa shape index (κ3) is 126. The van der Waals surface area contributed by atoms with Crippen molar-refractivity contribution in [2.24, 2.45) is 5.73 Å². The fourth-order valence-electron chi connectivity index (χ4n) is 0. The number of allylic oxidation sites excluding steroid dienone is 4. The van der Waals surface area contributed by atoms with Crippen LogP contribution in [0.2, 0.25) is 0 Å². The zero-order valence-electron chi connectivity index (χ0n) is 19.5. The van der Waals surface area contributed by atoms with E-state index in [1.165, 1.54) is 22.3 Å². The highest BCUT2D eigenvalue weighted by Crippen LogP contribution is 1.90. The summed E-state index contributed by atoms with van der Waals surface area (Å²) in [4.78, 5) is 0. The van der Waals surface area contributed by atoms with Crippen LogP contribution in [0.1, 0.15) is 101 Å². The highest BCUT2D eigenvalue weighted by Gasteiger charge is 1.79. The van der Waals surface area contributed by atoms with Gasteiger partial charge in [0, 0.05) is 6.04 Å². The molecule has 0 rings (SSSR count). The van der Waals surface area contributed by atoms with Gasteiger partial charge < -0.3 is 5.73 Å². The summed E-state index contributed by atoms with van der Waals surface area (Å²) in [5, 5.41) is 0. The lowest BCUT2D eigenvalue weighted by Crippen LogP contribution is -2.11. The molecule has 0 aliphatic heterocycles. The van der Waals surface area contributed by atoms with E-state index >= 15 is 0 Å². The molecular weight excluding hydrogens is 302 g/mol. The van der Waals surface area contributed by atoms with Gasteiger partial charge >= 0.3 is 0 Å². The molecule has 0 aliphatic carbocycles. The third-order valence-electron chi connectivity index (χ3n) is 3.06. The van der Waals surface area contributed by atoms with Gasteiger partial charge in [-0.2, -0.15) is 0 Å². The molecule has 0 aromatic carbocycles. The fraction of sp³-hybridized carbons (Fsp3) is 0.667. The molecule has 1 nitrogen and oxygen atoms in total. The van der Waals surface area contributed by atoms with Crippen LogP contribution >= 0.6 is 0 Å². The summed E-state index contributed by atoms with van der Waals surface area (Å²) in [6, 6.07) is 0.384. The van der Waals surface area contributed by atoms with E-state index in [-0.39, 0.29) is 0 Å². The molecule has 1 heteroatoms. The number of rotatable bonds is 5. The molecule has 0 bridgehead atoms. The van der Waals surface area contributed by atoms with Gasteiger partial charge in [-0.15, -0.1) is 26.3 Å². The molecule has 25 heavy (non-hydrogen) atoms. The third-order valence-corrected chi connectivity index (χ3v) is 3.06. The van der Waals surface area contributed by atoms with Crippen LogP contribution in [0.5, 0.6) is 0 Å². The van der Waals surface area contributed by atoms with E-state index in [0.29, 0.717) is 6.04 Å². The van der Waals surface area contributed by atoms with Crippen LogP contribution in [0.25, 0.3) is 0 Å². The first-order valence-corrected chi connectivity index (χ1v) is 9.68. The molecule has 0 spiro atoms. The van der Waals surface area contributed by atoms with Gasteiger partial charge in [-0.1, -0.05) is 56.9 Å². The molecule has 0 aromatic rings. The standard InChI is InChI=1S/4C5H10.C4H11N/c4*1-4-5(2)3;1-3-4(2)5/h4*2,4H2,1,3H3;4H,3,5H2,1-2H3. The second-order valence-corrected chi connectivity index (χ2v) is 6.63. The molecule has 0 saturated heterocycles. The van der Waals surface area contributed by atoms with Crippen LogP contribution in [0.3, 0.4) is 0 Å². The molecule has 0 amide bonds. The van der Waals surface area contributed by atoms with E-state index in [4.69, 9.17) is 5.73 Å². The van der Waals surface area contributed by atoms with E-state index in [9.17, 15) is 0 Å². The van der Waals surface area contributed by atoms with Crippen molar-refractivity contribution in [2.75, 3.05) is 0 Å². The maximum Gasteiger partial charge on any atom is 0.000781 e. The first-order valence-electron chi connectivity index (χ1n) is 9.68. The van der Waals surface area contributed by atoms with Crippen molar-refractivity contribution in [1.82, 2.24) is 0 Å². The smallest absolute Gasteiger partial charge is 0.000781 e. The Morgan fingerprint density at radius 3 is 0.680 bits per heavy atom. The Bertz CT molecular complexity index is 252. The van der Waals surface area contributed by atoms with Crippen molar-refractivity contribution >= 4 is 0 Å². The SMILES string of the molecule is C=C(C)CC.C=C(C)CC.C=C(C)CC.C=C(C)CC.CCC(C)N. The average Bonchev–Trinajstić information content (AvgIpc) is 2.56. The van der Waals surface area contributed by atoms with E-state index in [2.05, 4.69) is 60.9 Å². The monoisotopic (exact) mass is 353 g/mol. The Balaban J connectivity index is -0.0000000667. The van der Waals surface area contributed by atoms with Gasteiger partial charge in [-0.05, 0) is 66.7 Å². The molecule has 0 fully saturated rings. The van der Waals surface area contributed by atoms with Crippen LogP contribution in [0, 0.1) is 0 Å². The zero-order chi connectivity index (χ0) is 21.4. The van der Waals surface area contributed by atoms with Crippen LogP contribution < -0.4 is 5.73 Å². The molecule has 152 valence electrons. The van der Waals surface area contributed by atoms with Crippen molar-refractivity contribution in [1.29, 1.82) is 0 Å². The largest absolute Gasteiger partial charge is 0.328 e. The van der Waals surface area contributed by atoms with Crippen LogP contribution in [-0.2, 0) is 0 Å². The maximum absolute atomic E-state index is 5.29. The van der Waals surface area contributed by atoms with Gasteiger partial charge in [0.15, 0.2) is 0 Å². The summed E-state index contributed by atoms with van der Waals surface area (Å²) < 4.78 is 0. The fourth-order valence-corrected chi connectivity index (χ4v) is 0. The first kappa shape index (κ1) is 35.1. The van der Waals surface area contributed by atoms with Gasteiger partial charge in [-0.25, -0.2) is 0 Å². The zero-order valence-corrected chi connectivity index (χ0v) is 19.5. The summed E-state index contributed by atoms with van der Waals surface area (Å²) in [5.41, 5.74) is 10.3. The van der Waals surface area contributed by atoms with E-state index < -0.39 is 0 Å². The van der Waals surface area contributed by atoms with Gasteiger partial charge in [0.2, 0.25) is 0 Å². The molecule has 1 unspecified atom stereocenters. The molecule has 0 aliphatic rings. The van der Waals surface area contributed by atoms with E-state index in [0.717, 1.165) is 32.1 Å². The quantitative estimate of drug-likeness (QED) is 0.492. The Hall–Kier alpha value is -1.08. The van der Waals surface area contributed by atoms with E-state index in [1.54, 1.807) is 0 Å². The van der Waals surface area contributed by atoms with Crippen molar-refractivity contribution in [3.05, 3.63) is 48.6 Å². The molecule has 0 radical (unpaired) electrons. The predicted molar refractivity (Wildman–Crippen MR) is 124 cm³/mol. The summed E-state index contributed by atoms with van der Waals surface area (Å²) in [5.74, 6) is 0. The number of hydrogen-bond acceptors (Lipinski definition) is 1. The van der Waals surface area contributed by atoms with Gasteiger partial charge in [0.1, 0.15) is 0 Å². The Kier molecular flexibility index (Phi) is 43.2. The first-order chi connectivity index (χ1) is 11.4. The summed E-state index contributed by atoms with van der Waals surface area (Å²) in [6.07, 6.45) is 5.53. The normalized spacial score (nSPS) is 9.08. The predicted octanol–water partition coefficient (Wildman–Crippen LogP) is 8.63. The molecular formula is C24H51N. The highest BCUT2D eigenvalue weighted by atomic mass is 14.6. The highest BCUT2D eigenvalue weighted by molar-refractivity contribution is 4.85. The molecule has 0 saturated carbocycles. The summed E-state index contributed by atoms with van der Waals surface area (Å²) >= 11 is 0. The molecule has 0 heterocycles. The molecule has 2 N–H and O–H groups in total. The Morgan fingerprint density at radius 1 is 0.600 bits per heavy atom. The lowest BCUT2D eigenvalue weighted by atomic mass is 10.3.